The summed E-state index contributed by atoms with van der Waals surface area (Å²) in [6, 6.07) is 6.85. The average molecular weight is 334 g/mol. The van der Waals surface area contributed by atoms with E-state index in [0.717, 1.165) is 17.8 Å². The monoisotopic (exact) mass is 333 g/mol. The summed E-state index contributed by atoms with van der Waals surface area (Å²) in [4.78, 5) is 11.9. The van der Waals surface area contributed by atoms with Gasteiger partial charge in [-0.15, -0.1) is 0 Å². The minimum atomic E-state index is -0.732. The number of aromatic nitrogens is 3. The van der Waals surface area contributed by atoms with Crippen LogP contribution in [0, 0.1) is 18.6 Å². The Morgan fingerprint density at radius 2 is 1.87 bits per heavy atom. The van der Waals surface area contributed by atoms with Crippen LogP contribution >= 0.6 is 11.6 Å². The topological polar surface area (TPSA) is 47.9 Å². The Bertz CT molecular complexity index is 874. The Hall–Kier alpha value is -2.60. The molecule has 0 saturated heterocycles. The minimum Gasteiger partial charge on any atom is -0.436 e. The van der Waals surface area contributed by atoms with Crippen molar-refractivity contribution in [3.8, 4) is 23.0 Å². The van der Waals surface area contributed by atoms with E-state index in [2.05, 4.69) is 15.0 Å². The van der Waals surface area contributed by atoms with Crippen LogP contribution in [-0.4, -0.2) is 15.0 Å². The van der Waals surface area contributed by atoms with Crippen LogP contribution in [0.4, 0.5) is 8.78 Å². The van der Waals surface area contributed by atoms with Crippen LogP contribution in [0.5, 0.6) is 11.6 Å². The van der Waals surface area contributed by atoms with Crippen molar-refractivity contribution in [1.29, 1.82) is 0 Å². The second-order valence-corrected chi connectivity index (χ2v) is 5.14. The van der Waals surface area contributed by atoms with E-state index >= 15 is 0 Å². The highest BCUT2D eigenvalue weighted by molar-refractivity contribution is 6.30. The van der Waals surface area contributed by atoms with Gasteiger partial charge in [0.15, 0.2) is 11.6 Å². The summed E-state index contributed by atoms with van der Waals surface area (Å²) >= 11 is 5.61. The van der Waals surface area contributed by atoms with Crippen LogP contribution in [0.1, 0.15) is 5.69 Å². The zero-order valence-corrected chi connectivity index (χ0v) is 12.7. The van der Waals surface area contributed by atoms with Gasteiger partial charge in [-0.3, -0.25) is 0 Å². The van der Waals surface area contributed by atoms with Gasteiger partial charge in [0.1, 0.15) is 11.6 Å². The smallest absolute Gasteiger partial charge is 0.255 e. The summed E-state index contributed by atoms with van der Waals surface area (Å²) in [7, 11) is 0. The van der Waals surface area contributed by atoms with Gasteiger partial charge in [0.2, 0.25) is 0 Å². The molecule has 0 spiro atoms. The van der Waals surface area contributed by atoms with Crippen molar-refractivity contribution in [2.45, 2.75) is 6.92 Å². The fourth-order valence-corrected chi connectivity index (χ4v) is 2.05. The van der Waals surface area contributed by atoms with Gasteiger partial charge >= 0.3 is 0 Å². The van der Waals surface area contributed by atoms with E-state index in [9.17, 15) is 8.78 Å². The van der Waals surface area contributed by atoms with Gasteiger partial charge in [0.25, 0.3) is 5.88 Å². The Labute approximate surface area is 135 Å². The number of hydrogen-bond acceptors (Lipinski definition) is 4. The molecule has 0 fully saturated rings. The molecule has 3 aromatic rings. The molecule has 7 heteroatoms. The lowest BCUT2D eigenvalue weighted by Crippen LogP contribution is -1.96. The lowest BCUT2D eigenvalue weighted by atomic mass is 10.2. The molecule has 0 saturated carbocycles. The van der Waals surface area contributed by atoms with Gasteiger partial charge in [-0.2, -0.15) is 0 Å². The number of nitrogens with zero attached hydrogens (tertiary/aromatic N) is 3. The highest BCUT2D eigenvalue weighted by Gasteiger charge is 2.12. The minimum absolute atomic E-state index is 0.104. The molecule has 0 atom stereocenters. The van der Waals surface area contributed by atoms with Crippen LogP contribution in [-0.2, 0) is 0 Å². The predicted octanol–water partition coefficient (Wildman–Crippen LogP) is 4.57. The molecule has 23 heavy (non-hydrogen) atoms. The first-order valence-corrected chi connectivity index (χ1v) is 6.99. The largest absolute Gasteiger partial charge is 0.436 e. The van der Waals surface area contributed by atoms with Gasteiger partial charge in [-0.25, -0.2) is 23.7 Å². The van der Waals surface area contributed by atoms with E-state index in [1.54, 1.807) is 19.2 Å². The molecule has 0 amide bonds. The maximum atomic E-state index is 14.2. The Morgan fingerprint density at radius 1 is 1.04 bits per heavy atom. The number of benzene rings is 1. The second-order valence-electron chi connectivity index (χ2n) is 4.71. The average Bonchev–Trinajstić information content (AvgIpc) is 2.50. The SMILES string of the molecule is Cc1ccnc(-c2ccc(Oc3ncc(Cl)cc3F)cc2F)n1. The first-order chi connectivity index (χ1) is 11.0. The summed E-state index contributed by atoms with van der Waals surface area (Å²) < 4.78 is 33.1. The van der Waals surface area contributed by atoms with Crippen molar-refractivity contribution in [1.82, 2.24) is 15.0 Å². The second kappa shape index (κ2) is 6.26. The Kier molecular flexibility index (Phi) is 4.16. The summed E-state index contributed by atoms with van der Waals surface area (Å²) in [6.07, 6.45) is 2.79. The summed E-state index contributed by atoms with van der Waals surface area (Å²) in [5, 5.41) is 0.146. The predicted molar refractivity (Wildman–Crippen MR) is 81.4 cm³/mol. The molecule has 4 nitrogen and oxygen atoms in total. The van der Waals surface area contributed by atoms with E-state index in [1.807, 2.05) is 0 Å². The molecule has 0 aliphatic heterocycles. The summed E-state index contributed by atoms with van der Waals surface area (Å²) in [6.45, 7) is 1.79. The molecule has 2 aromatic heterocycles. The number of hydrogen-bond donors (Lipinski definition) is 0. The number of ether oxygens (including phenoxy) is 1. The van der Waals surface area contributed by atoms with Crippen LogP contribution in [0.25, 0.3) is 11.4 Å². The normalized spacial score (nSPS) is 10.6. The quantitative estimate of drug-likeness (QED) is 0.704. The third-order valence-corrected chi connectivity index (χ3v) is 3.17. The zero-order chi connectivity index (χ0) is 16.4. The van der Waals surface area contributed by atoms with Gasteiger partial charge in [-0.05, 0) is 31.2 Å². The lowest BCUT2D eigenvalue weighted by Gasteiger charge is -2.08. The summed E-state index contributed by atoms with van der Waals surface area (Å²) in [5.41, 5.74) is 0.952. The van der Waals surface area contributed by atoms with Crippen LogP contribution in [0.2, 0.25) is 5.02 Å². The van der Waals surface area contributed by atoms with E-state index < -0.39 is 11.6 Å². The fourth-order valence-electron chi connectivity index (χ4n) is 1.91. The molecule has 0 aliphatic rings. The third-order valence-electron chi connectivity index (χ3n) is 2.96. The third kappa shape index (κ3) is 3.43. The molecule has 0 aliphatic carbocycles. The number of pyridine rings is 1. The molecule has 0 bridgehead atoms. The molecular weight excluding hydrogens is 324 g/mol. The Morgan fingerprint density at radius 3 is 2.57 bits per heavy atom. The molecular formula is C16H10ClF2N3O. The zero-order valence-electron chi connectivity index (χ0n) is 11.9. The van der Waals surface area contributed by atoms with Crippen molar-refractivity contribution in [2.24, 2.45) is 0 Å². The van der Waals surface area contributed by atoms with Crippen molar-refractivity contribution >= 4 is 11.6 Å². The molecule has 3 rings (SSSR count). The van der Waals surface area contributed by atoms with Crippen molar-refractivity contribution in [3.63, 3.8) is 0 Å². The number of aryl methyl sites for hydroxylation is 1. The van der Waals surface area contributed by atoms with Gasteiger partial charge < -0.3 is 4.74 Å². The molecule has 2 heterocycles. The van der Waals surface area contributed by atoms with Gasteiger partial charge in [0, 0.05) is 24.2 Å². The number of rotatable bonds is 3. The molecule has 116 valence electrons. The van der Waals surface area contributed by atoms with Crippen molar-refractivity contribution in [3.05, 3.63) is 65.1 Å². The first kappa shape index (κ1) is 15.3. The van der Waals surface area contributed by atoms with Crippen molar-refractivity contribution < 1.29 is 13.5 Å². The van der Waals surface area contributed by atoms with E-state index in [-0.39, 0.29) is 28.0 Å². The summed E-state index contributed by atoms with van der Waals surface area (Å²) in [5.74, 6) is -1.22. The molecule has 0 N–H and O–H groups in total. The van der Waals surface area contributed by atoms with E-state index in [0.29, 0.717) is 0 Å². The highest BCUT2D eigenvalue weighted by atomic mass is 35.5. The molecule has 0 radical (unpaired) electrons. The molecule has 1 aromatic carbocycles. The maximum absolute atomic E-state index is 14.2. The maximum Gasteiger partial charge on any atom is 0.255 e. The van der Waals surface area contributed by atoms with Crippen molar-refractivity contribution in [2.75, 3.05) is 0 Å². The van der Waals surface area contributed by atoms with Crippen LogP contribution in [0.3, 0.4) is 0 Å². The van der Waals surface area contributed by atoms with Gasteiger partial charge in [-0.1, -0.05) is 11.6 Å². The van der Waals surface area contributed by atoms with E-state index in [1.165, 1.54) is 18.3 Å². The highest BCUT2D eigenvalue weighted by Crippen LogP contribution is 2.28. The standard InChI is InChI=1S/C16H10ClF2N3O/c1-9-4-5-20-15(22-9)12-3-2-11(7-13(12)18)23-16-14(19)6-10(17)8-21-16/h2-8H,1H3. The van der Waals surface area contributed by atoms with Crippen LogP contribution < -0.4 is 4.74 Å². The first-order valence-electron chi connectivity index (χ1n) is 6.61. The van der Waals surface area contributed by atoms with E-state index in [4.69, 9.17) is 16.3 Å². The lowest BCUT2D eigenvalue weighted by molar-refractivity contribution is 0.420. The van der Waals surface area contributed by atoms with Crippen LogP contribution in [0.15, 0.2) is 42.7 Å². The molecule has 0 unspecified atom stereocenters. The Balaban J connectivity index is 1.90. The number of halogens is 3. The van der Waals surface area contributed by atoms with Gasteiger partial charge in [0.05, 0.1) is 10.6 Å². The fraction of sp³-hybridized carbons (Fsp3) is 0.0625.